The van der Waals surface area contributed by atoms with Crippen LogP contribution in [0.15, 0.2) is 54.6 Å². The van der Waals surface area contributed by atoms with Crippen molar-refractivity contribution in [2.24, 2.45) is 0 Å². The number of anilines is 2. The topological polar surface area (TPSA) is 67.9 Å². The van der Waals surface area contributed by atoms with Crippen molar-refractivity contribution >= 4 is 23.4 Å². The largest absolute Gasteiger partial charge is 0.417 e. The van der Waals surface area contributed by atoms with Crippen LogP contribution in [0.2, 0.25) is 0 Å². The van der Waals surface area contributed by atoms with Gasteiger partial charge in [-0.3, -0.25) is 10.1 Å². The van der Waals surface area contributed by atoms with Crippen LogP contribution in [0, 0.1) is 0 Å². The summed E-state index contributed by atoms with van der Waals surface area (Å²) in [7, 11) is 0. The average molecular weight is 312 g/mol. The maximum absolute atomic E-state index is 11.8. The fourth-order valence-electron chi connectivity index (χ4n) is 2.25. The Balaban J connectivity index is 1.61. The van der Waals surface area contributed by atoms with Crippen molar-refractivity contribution < 1.29 is 19.1 Å². The van der Waals surface area contributed by atoms with E-state index in [0.29, 0.717) is 24.6 Å². The lowest BCUT2D eigenvalue weighted by Crippen LogP contribution is -2.41. The summed E-state index contributed by atoms with van der Waals surface area (Å²) in [6.45, 7) is 1.15. The molecule has 1 heterocycles. The minimum atomic E-state index is -0.564. The summed E-state index contributed by atoms with van der Waals surface area (Å²) >= 11 is 0. The standard InChI is InChI=1S/C17H16N2O4/c20-16-12-22-11-10-19(16)14-8-6-13(7-9-14)18-17(21)23-15-4-2-1-3-5-15/h1-9H,10-12H2,(H,18,21). The molecule has 0 unspecified atom stereocenters. The number of carbonyl (C=O) groups is 2. The first-order valence-electron chi connectivity index (χ1n) is 7.24. The number of hydrogen-bond donors (Lipinski definition) is 1. The molecule has 3 rings (SSSR count). The normalized spacial score (nSPS) is 14.4. The van der Waals surface area contributed by atoms with E-state index in [1.165, 1.54) is 0 Å². The van der Waals surface area contributed by atoms with Crippen molar-refractivity contribution in [1.29, 1.82) is 0 Å². The van der Waals surface area contributed by atoms with Gasteiger partial charge in [0.05, 0.1) is 6.61 Å². The molecule has 0 spiro atoms. The summed E-state index contributed by atoms with van der Waals surface area (Å²) in [6.07, 6.45) is -0.564. The number of morpholine rings is 1. The molecule has 6 heteroatoms. The molecular formula is C17H16N2O4. The molecule has 0 saturated carbocycles. The molecule has 2 aromatic rings. The highest BCUT2D eigenvalue weighted by Gasteiger charge is 2.19. The molecule has 23 heavy (non-hydrogen) atoms. The van der Waals surface area contributed by atoms with Crippen molar-refractivity contribution in [3.8, 4) is 5.75 Å². The molecule has 1 N–H and O–H groups in total. The minimum Gasteiger partial charge on any atom is -0.410 e. The predicted molar refractivity (Wildman–Crippen MR) is 85.7 cm³/mol. The third-order valence-corrected chi connectivity index (χ3v) is 3.36. The Bertz CT molecular complexity index is 685. The van der Waals surface area contributed by atoms with Crippen molar-refractivity contribution in [3.05, 3.63) is 54.6 Å². The molecular weight excluding hydrogens is 296 g/mol. The highest BCUT2D eigenvalue weighted by atomic mass is 16.6. The maximum atomic E-state index is 11.8. The second-order valence-corrected chi connectivity index (χ2v) is 4.97. The summed E-state index contributed by atoms with van der Waals surface area (Å²) < 4.78 is 10.3. The van der Waals surface area contributed by atoms with Gasteiger partial charge in [0.2, 0.25) is 0 Å². The lowest BCUT2D eigenvalue weighted by molar-refractivity contribution is -0.125. The van der Waals surface area contributed by atoms with E-state index in [0.717, 1.165) is 5.69 Å². The van der Waals surface area contributed by atoms with Gasteiger partial charge in [0, 0.05) is 17.9 Å². The number of hydrogen-bond acceptors (Lipinski definition) is 4. The Hall–Kier alpha value is -2.86. The highest BCUT2D eigenvalue weighted by molar-refractivity contribution is 5.95. The first-order valence-corrected chi connectivity index (χ1v) is 7.24. The number of para-hydroxylation sites is 1. The fourth-order valence-corrected chi connectivity index (χ4v) is 2.25. The smallest absolute Gasteiger partial charge is 0.410 e. The zero-order chi connectivity index (χ0) is 16.1. The molecule has 0 bridgehead atoms. The second-order valence-electron chi connectivity index (χ2n) is 4.97. The van der Waals surface area contributed by atoms with Gasteiger partial charge in [0.15, 0.2) is 0 Å². The summed E-state index contributed by atoms with van der Waals surface area (Å²) in [5.41, 5.74) is 1.37. The third kappa shape index (κ3) is 3.87. The van der Waals surface area contributed by atoms with Crippen molar-refractivity contribution in [2.45, 2.75) is 0 Å². The monoisotopic (exact) mass is 312 g/mol. The number of rotatable bonds is 3. The number of ether oxygens (including phenoxy) is 2. The molecule has 1 aliphatic heterocycles. The average Bonchev–Trinajstić information content (AvgIpc) is 2.57. The van der Waals surface area contributed by atoms with Crippen molar-refractivity contribution in [3.63, 3.8) is 0 Å². The van der Waals surface area contributed by atoms with Gasteiger partial charge >= 0.3 is 6.09 Å². The molecule has 6 nitrogen and oxygen atoms in total. The van der Waals surface area contributed by atoms with E-state index >= 15 is 0 Å². The molecule has 0 aliphatic carbocycles. The molecule has 0 aromatic heterocycles. The summed E-state index contributed by atoms with van der Waals surface area (Å²) in [5, 5.41) is 2.64. The van der Waals surface area contributed by atoms with Gasteiger partial charge in [-0.05, 0) is 36.4 Å². The molecule has 0 radical (unpaired) electrons. The lowest BCUT2D eigenvalue weighted by Gasteiger charge is -2.26. The molecule has 2 amide bonds. The number of nitrogens with one attached hydrogen (secondary N) is 1. The zero-order valence-corrected chi connectivity index (χ0v) is 12.4. The van der Waals surface area contributed by atoms with Crippen LogP contribution in [0.1, 0.15) is 0 Å². The number of amides is 2. The van der Waals surface area contributed by atoms with Gasteiger partial charge < -0.3 is 14.4 Å². The van der Waals surface area contributed by atoms with Crippen LogP contribution in [0.25, 0.3) is 0 Å². The Kier molecular flexibility index (Phi) is 4.54. The minimum absolute atomic E-state index is 0.0690. The van der Waals surface area contributed by atoms with E-state index in [1.54, 1.807) is 53.4 Å². The predicted octanol–water partition coefficient (Wildman–Crippen LogP) is 2.66. The molecule has 2 aromatic carbocycles. The second kappa shape index (κ2) is 6.93. The molecule has 0 atom stereocenters. The lowest BCUT2D eigenvalue weighted by atomic mass is 10.2. The number of nitrogens with zero attached hydrogens (tertiary/aromatic N) is 1. The van der Waals surface area contributed by atoms with Crippen LogP contribution in [-0.2, 0) is 9.53 Å². The summed E-state index contributed by atoms with van der Waals surface area (Å²) in [5.74, 6) is 0.404. The van der Waals surface area contributed by atoms with Crippen molar-refractivity contribution in [2.75, 3.05) is 30.0 Å². The van der Waals surface area contributed by atoms with Gasteiger partial charge in [-0.1, -0.05) is 18.2 Å². The molecule has 1 fully saturated rings. The Labute approximate surface area is 133 Å². The quantitative estimate of drug-likeness (QED) is 0.946. The highest BCUT2D eigenvalue weighted by Crippen LogP contribution is 2.20. The first kappa shape index (κ1) is 15.1. The van der Waals surface area contributed by atoms with E-state index in [1.807, 2.05) is 6.07 Å². The summed E-state index contributed by atoms with van der Waals surface area (Å²) in [4.78, 5) is 25.2. The summed E-state index contributed by atoms with van der Waals surface area (Å²) in [6, 6.07) is 15.8. The zero-order valence-electron chi connectivity index (χ0n) is 12.4. The van der Waals surface area contributed by atoms with Crippen LogP contribution in [0.3, 0.4) is 0 Å². The van der Waals surface area contributed by atoms with Crippen molar-refractivity contribution in [1.82, 2.24) is 0 Å². The van der Waals surface area contributed by atoms with E-state index < -0.39 is 6.09 Å². The third-order valence-electron chi connectivity index (χ3n) is 3.36. The van der Waals surface area contributed by atoms with Crippen LogP contribution in [0.5, 0.6) is 5.75 Å². The van der Waals surface area contributed by atoms with E-state index in [2.05, 4.69) is 5.32 Å². The van der Waals surface area contributed by atoms with Gasteiger partial charge in [-0.25, -0.2) is 4.79 Å². The number of benzene rings is 2. The van der Waals surface area contributed by atoms with Gasteiger partial charge in [0.25, 0.3) is 5.91 Å². The van der Waals surface area contributed by atoms with E-state index in [4.69, 9.17) is 9.47 Å². The first-order chi connectivity index (χ1) is 11.2. The molecule has 1 saturated heterocycles. The Morgan fingerprint density at radius 3 is 2.52 bits per heavy atom. The fraction of sp³-hybridized carbons (Fsp3) is 0.176. The van der Waals surface area contributed by atoms with Gasteiger partial charge in [0.1, 0.15) is 12.4 Å². The Morgan fingerprint density at radius 2 is 1.83 bits per heavy atom. The SMILES string of the molecule is O=C(Nc1ccc(N2CCOCC2=O)cc1)Oc1ccccc1. The number of carbonyl (C=O) groups excluding carboxylic acids is 2. The van der Waals surface area contributed by atoms with E-state index in [-0.39, 0.29) is 12.5 Å². The van der Waals surface area contributed by atoms with Gasteiger partial charge in [-0.15, -0.1) is 0 Å². The van der Waals surface area contributed by atoms with Crippen LogP contribution in [0.4, 0.5) is 16.2 Å². The van der Waals surface area contributed by atoms with Crippen LogP contribution < -0.4 is 15.0 Å². The Morgan fingerprint density at radius 1 is 1.09 bits per heavy atom. The van der Waals surface area contributed by atoms with E-state index in [9.17, 15) is 9.59 Å². The molecule has 1 aliphatic rings. The van der Waals surface area contributed by atoms with Crippen LogP contribution >= 0.6 is 0 Å². The van der Waals surface area contributed by atoms with Crippen LogP contribution in [-0.4, -0.2) is 31.8 Å². The maximum Gasteiger partial charge on any atom is 0.417 e. The van der Waals surface area contributed by atoms with Gasteiger partial charge in [-0.2, -0.15) is 0 Å². The molecule has 118 valence electrons.